The van der Waals surface area contributed by atoms with Crippen LogP contribution in [0.3, 0.4) is 0 Å². The molecule has 0 fully saturated rings. The quantitative estimate of drug-likeness (QED) is 0.394. The number of rotatable bonds is 9. The van der Waals surface area contributed by atoms with Gasteiger partial charge in [-0.2, -0.15) is 0 Å². The Balaban J connectivity index is 2.35. The molecule has 1 aromatic rings. The summed E-state index contributed by atoms with van der Waals surface area (Å²) in [5.41, 5.74) is 1.47. The molecule has 1 rings (SSSR count). The van der Waals surface area contributed by atoms with E-state index in [1.807, 2.05) is 0 Å². The Labute approximate surface area is 107 Å². The molecule has 1 atom stereocenters. The van der Waals surface area contributed by atoms with Crippen LogP contribution in [0.2, 0.25) is 0 Å². The lowest BCUT2D eigenvalue weighted by Gasteiger charge is -2.15. The summed E-state index contributed by atoms with van der Waals surface area (Å²) < 4.78 is 0. The molecule has 0 aliphatic rings. The first-order valence-electron chi connectivity index (χ1n) is 7.01. The van der Waals surface area contributed by atoms with E-state index in [0.29, 0.717) is 0 Å². The first-order chi connectivity index (χ1) is 8.36. The lowest BCUT2D eigenvalue weighted by Crippen LogP contribution is -2.03. The van der Waals surface area contributed by atoms with E-state index in [1.54, 1.807) is 0 Å². The minimum atomic E-state index is 0.784. The maximum absolute atomic E-state index is 3.89. The summed E-state index contributed by atoms with van der Waals surface area (Å²) in [5.74, 6) is 0.784. The third-order valence-electron chi connectivity index (χ3n) is 3.33. The second kappa shape index (κ2) is 9.04. The van der Waals surface area contributed by atoms with Gasteiger partial charge in [-0.3, -0.25) is 0 Å². The highest BCUT2D eigenvalue weighted by Gasteiger charge is 2.07. The molecule has 1 unspecified atom stereocenters. The lowest BCUT2D eigenvalue weighted by molar-refractivity contribution is 0.456. The van der Waals surface area contributed by atoms with Gasteiger partial charge in [-0.1, -0.05) is 69.0 Å². The van der Waals surface area contributed by atoms with Gasteiger partial charge in [-0.15, -0.1) is 6.58 Å². The Morgan fingerprint density at radius 2 is 1.88 bits per heavy atom. The van der Waals surface area contributed by atoms with Gasteiger partial charge >= 0.3 is 0 Å². The fourth-order valence-electron chi connectivity index (χ4n) is 2.35. The number of benzene rings is 1. The van der Waals surface area contributed by atoms with Gasteiger partial charge in [0.1, 0.15) is 0 Å². The van der Waals surface area contributed by atoms with Gasteiger partial charge in [0, 0.05) is 0 Å². The van der Waals surface area contributed by atoms with E-state index in [9.17, 15) is 0 Å². The van der Waals surface area contributed by atoms with Crippen molar-refractivity contribution in [1.29, 1.82) is 0 Å². The number of unbranched alkanes of at least 4 members (excludes halogenated alkanes) is 3. The van der Waals surface area contributed by atoms with Crippen LogP contribution in [0, 0.1) is 5.92 Å². The molecule has 0 saturated carbocycles. The topological polar surface area (TPSA) is 0 Å². The normalized spacial score (nSPS) is 12.3. The Kier molecular flexibility index (Phi) is 7.46. The summed E-state index contributed by atoms with van der Waals surface area (Å²) in [6.45, 7) is 6.16. The molecule has 0 amide bonds. The molecule has 0 aliphatic carbocycles. The molecule has 1 aromatic carbocycles. The van der Waals surface area contributed by atoms with Crippen molar-refractivity contribution in [2.24, 2.45) is 5.92 Å². The summed E-state index contributed by atoms with van der Waals surface area (Å²) >= 11 is 0. The molecule has 0 saturated heterocycles. The fraction of sp³-hybridized carbons (Fsp3) is 0.529. The third kappa shape index (κ3) is 6.31. The standard InChI is InChI=1S/C17H26/c1-3-5-6-8-12-16(11-4-2)15-17-13-9-7-10-14-17/h4,7,9-10,13-14,16H,2-3,5-6,8,11-12,15H2,1H3. The number of allylic oxidation sites excluding steroid dienone is 1. The first kappa shape index (κ1) is 14.0. The fourth-order valence-corrected chi connectivity index (χ4v) is 2.35. The smallest absolute Gasteiger partial charge is 0.0247 e. The summed E-state index contributed by atoms with van der Waals surface area (Å²) in [7, 11) is 0. The molecule has 0 nitrogen and oxygen atoms in total. The van der Waals surface area contributed by atoms with E-state index in [4.69, 9.17) is 0 Å². The highest BCUT2D eigenvalue weighted by molar-refractivity contribution is 5.15. The minimum absolute atomic E-state index is 0.784. The predicted molar refractivity (Wildman–Crippen MR) is 77.2 cm³/mol. The van der Waals surface area contributed by atoms with Gasteiger partial charge in [-0.05, 0) is 30.7 Å². The van der Waals surface area contributed by atoms with Crippen LogP contribution in [-0.2, 0) is 6.42 Å². The van der Waals surface area contributed by atoms with Crippen LogP contribution < -0.4 is 0 Å². The SMILES string of the molecule is C=CCC(CCCCCC)Cc1ccccc1. The van der Waals surface area contributed by atoms with Crippen molar-refractivity contribution >= 4 is 0 Å². The maximum Gasteiger partial charge on any atom is -0.0247 e. The van der Waals surface area contributed by atoms with E-state index >= 15 is 0 Å². The summed E-state index contributed by atoms with van der Waals surface area (Å²) in [6, 6.07) is 10.8. The van der Waals surface area contributed by atoms with Crippen LogP contribution >= 0.6 is 0 Å². The van der Waals surface area contributed by atoms with Crippen molar-refractivity contribution in [3.63, 3.8) is 0 Å². The van der Waals surface area contributed by atoms with Gasteiger partial charge in [0.2, 0.25) is 0 Å². The van der Waals surface area contributed by atoms with Crippen molar-refractivity contribution < 1.29 is 0 Å². The number of hydrogen-bond donors (Lipinski definition) is 0. The highest BCUT2D eigenvalue weighted by atomic mass is 14.1. The molecular weight excluding hydrogens is 204 g/mol. The average molecular weight is 230 g/mol. The van der Waals surface area contributed by atoms with Crippen LogP contribution in [-0.4, -0.2) is 0 Å². The van der Waals surface area contributed by atoms with Crippen molar-refractivity contribution in [3.05, 3.63) is 48.6 Å². The van der Waals surface area contributed by atoms with Gasteiger partial charge in [0.05, 0.1) is 0 Å². The van der Waals surface area contributed by atoms with E-state index < -0.39 is 0 Å². The average Bonchev–Trinajstić information content (AvgIpc) is 2.36. The van der Waals surface area contributed by atoms with Crippen LogP contribution in [0.5, 0.6) is 0 Å². The van der Waals surface area contributed by atoms with E-state index in [2.05, 4.69) is 49.9 Å². The molecule has 0 bridgehead atoms. The molecule has 0 N–H and O–H groups in total. The van der Waals surface area contributed by atoms with Crippen LogP contribution in [0.1, 0.15) is 51.0 Å². The Bertz CT molecular complexity index is 286. The Hall–Kier alpha value is -1.04. The molecular formula is C17H26. The molecule has 0 heteroatoms. The molecule has 0 radical (unpaired) electrons. The summed E-state index contributed by atoms with van der Waals surface area (Å²) in [4.78, 5) is 0. The monoisotopic (exact) mass is 230 g/mol. The maximum atomic E-state index is 3.89. The molecule has 94 valence electrons. The summed E-state index contributed by atoms with van der Waals surface area (Å²) in [6.07, 6.45) is 11.3. The van der Waals surface area contributed by atoms with Crippen molar-refractivity contribution in [3.8, 4) is 0 Å². The lowest BCUT2D eigenvalue weighted by atomic mass is 9.91. The van der Waals surface area contributed by atoms with E-state index in [0.717, 1.165) is 12.3 Å². The minimum Gasteiger partial charge on any atom is -0.103 e. The number of hydrogen-bond acceptors (Lipinski definition) is 0. The Morgan fingerprint density at radius 1 is 1.12 bits per heavy atom. The second-order valence-corrected chi connectivity index (χ2v) is 4.93. The zero-order chi connectivity index (χ0) is 12.3. The Morgan fingerprint density at radius 3 is 2.53 bits per heavy atom. The van der Waals surface area contributed by atoms with Crippen LogP contribution in [0.15, 0.2) is 43.0 Å². The molecule has 0 heterocycles. The van der Waals surface area contributed by atoms with Gasteiger partial charge in [0.15, 0.2) is 0 Å². The zero-order valence-corrected chi connectivity index (χ0v) is 11.2. The second-order valence-electron chi connectivity index (χ2n) is 4.93. The predicted octanol–water partition coefficient (Wildman–Crippen LogP) is 5.39. The van der Waals surface area contributed by atoms with Crippen molar-refractivity contribution in [2.75, 3.05) is 0 Å². The summed E-state index contributed by atoms with van der Waals surface area (Å²) in [5, 5.41) is 0. The largest absolute Gasteiger partial charge is 0.103 e. The van der Waals surface area contributed by atoms with E-state index in [1.165, 1.54) is 44.1 Å². The van der Waals surface area contributed by atoms with Gasteiger partial charge < -0.3 is 0 Å². The molecule has 0 aliphatic heterocycles. The van der Waals surface area contributed by atoms with Crippen molar-refractivity contribution in [2.45, 2.75) is 51.9 Å². The van der Waals surface area contributed by atoms with Crippen molar-refractivity contribution in [1.82, 2.24) is 0 Å². The van der Waals surface area contributed by atoms with E-state index in [-0.39, 0.29) is 0 Å². The van der Waals surface area contributed by atoms with Gasteiger partial charge in [0.25, 0.3) is 0 Å². The zero-order valence-electron chi connectivity index (χ0n) is 11.2. The molecule has 0 spiro atoms. The van der Waals surface area contributed by atoms with Crippen LogP contribution in [0.4, 0.5) is 0 Å². The molecule has 0 aromatic heterocycles. The first-order valence-corrected chi connectivity index (χ1v) is 7.01. The van der Waals surface area contributed by atoms with Gasteiger partial charge in [-0.25, -0.2) is 0 Å². The van der Waals surface area contributed by atoms with Crippen LogP contribution in [0.25, 0.3) is 0 Å². The highest BCUT2D eigenvalue weighted by Crippen LogP contribution is 2.19. The third-order valence-corrected chi connectivity index (χ3v) is 3.33. The molecule has 17 heavy (non-hydrogen) atoms.